The molecule has 5 N–H and O–H groups in total. The van der Waals surface area contributed by atoms with E-state index in [1.165, 1.54) is 32.1 Å². The molecule has 4 aliphatic rings. The summed E-state index contributed by atoms with van der Waals surface area (Å²) >= 11 is 0. The molecule has 4 fully saturated rings. The molecule has 13 heteroatoms. The van der Waals surface area contributed by atoms with Crippen LogP contribution in [-0.4, -0.2) is 92.7 Å². The van der Waals surface area contributed by atoms with Crippen LogP contribution in [-0.2, 0) is 25.7 Å². The molecule has 2 saturated carbocycles. The first-order chi connectivity index (χ1) is 29.6. The summed E-state index contributed by atoms with van der Waals surface area (Å²) in [6.45, 7) is 5.31. The van der Waals surface area contributed by atoms with Gasteiger partial charge in [0.15, 0.2) is 0 Å². The van der Waals surface area contributed by atoms with Crippen LogP contribution in [0.15, 0.2) is 66.9 Å². The molecule has 2 aliphatic heterocycles. The molecule has 3 heterocycles. The van der Waals surface area contributed by atoms with Crippen LogP contribution in [0.25, 0.3) is 11.3 Å². The molecule has 5 amide bonds. The topological polar surface area (TPSA) is 172 Å². The second-order valence-electron chi connectivity index (χ2n) is 18.2. The molecule has 2 aromatic carbocycles. The summed E-state index contributed by atoms with van der Waals surface area (Å²) in [7, 11) is 0. The number of carbonyl (C=O) groups excluding carboxylic acids is 5. The predicted octanol–water partition coefficient (Wildman–Crippen LogP) is 5.75. The second kappa shape index (κ2) is 20.7. The van der Waals surface area contributed by atoms with E-state index in [0.29, 0.717) is 49.8 Å². The summed E-state index contributed by atoms with van der Waals surface area (Å²) in [6, 6.07) is 15.2. The molecule has 61 heavy (non-hydrogen) atoms. The van der Waals surface area contributed by atoms with Gasteiger partial charge in [-0.15, -0.1) is 0 Å². The fraction of sp³-hybridized carbons (Fsp3) is 0.583. The van der Waals surface area contributed by atoms with Crippen LogP contribution in [0.4, 0.5) is 0 Å². The van der Waals surface area contributed by atoms with Crippen molar-refractivity contribution in [1.82, 2.24) is 35.3 Å². The molecule has 13 nitrogen and oxygen atoms in total. The zero-order valence-corrected chi connectivity index (χ0v) is 36.1. The van der Waals surface area contributed by atoms with Crippen LogP contribution in [0.1, 0.15) is 126 Å². The van der Waals surface area contributed by atoms with E-state index in [1.807, 2.05) is 43.0 Å². The maximum atomic E-state index is 14.9. The third kappa shape index (κ3) is 10.7. The molecule has 3 aromatic rings. The number of hydrogen-bond donors (Lipinski definition) is 4. The van der Waals surface area contributed by atoms with Crippen molar-refractivity contribution in [3.63, 3.8) is 0 Å². The number of nitrogens with two attached hydrogens (primary N) is 1. The van der Waals surface area contributed by atoms with Crippen molar-refractivity contribution in [2.75, 3.05) is 19.6 Å². The van der Waals surface area contributed by atoms with E-state index in [2.05, 4.69) is 38.8 Å². The average Bonchev–Trinajstić information content (AvgIpc) is 4.13. The van der Waals surface area contributed by atoms with Crippen molar-refractivity contribution in [3.05, 3.63) is 78.2 Å². The Bertz CT molecular complexity index is 1960. The van der Waals surface area contributed by atoms with Crippen LogP contribution in [0.3, 0.4) is 0 Å². The van der Waals surface area contributed by atoms with Gasteiger partial charge in [0.2, 0.25) is 23.6 Å². The first-order valence-corrected chi connectivity index (χ1v) is 23.0. The van der Waals surface area contributed by atoms with E-state index in [-0.39, 0.29) is 30.3 Å². The maximum absolute atomic E-state index is 14.9. The van der Waals surface area contributed by atoms with E-state index in [9.17, 15) is 24.0 Å². The second-order valence-corrected chi connectivity index (χ2v) is 18.2. The Kier molecular flexibility index (Phi) is 14.9. The van der Waals surface area contributed by atoms with Crippen molar-refractivity contribution in [1.29, 1.82) is 0 Å². The van der Waals surface area contributed by atoms with E-state index >= 15 is 0 Å². The van der Waals surface area contributed by atoms with Gasteiger partial charge >= 0.3 is 0 Å². The van der Waals surface area contributed by atoms with Crippen molar-refractivity contribution < 1.29 is 24.0 Å². The van der Waals surface area contributed by atoms with Gasteiger partial charge in [0, 0.05) is 43.5 Å². The zero-order valence-electron chi connectivity index (χ0n) is 36.1. The van der Waals surface area contributed by atoms with Gasteiger partial charge < -0.3 is 36.1 Å². The Labute approximate surface area is 361 Å². The first kappa shape index (κ1) is 44.0. The number of hydrogen-bond acceptors (Lipinski definition) is 7. The Morgan fingerprint density at radius 1 is 0.705 bits per heavy atom. The molecule has 7 rings (SSSR count). The van der Waals surface area contributed by atoms with Crippen molar-refractivity contribution >= 4 is 29.5 Å². The number of benzene rings is 2. The first-order valence-electron chi connectivity index (χ1n) is 23.0. The standard InChI is InChI=1S/C48H66N8O5/c1-32(2)42(53-45(58)41-25-15-27-56(41)47(60)36-22-10-5-11-23-36)46(59)52-38(29-49)44(57)51-37(28-33-16-12-13-17-33)48(61)55-26-14-24-40(55)43-50-39(35-20-8-4-9-21-35)31-54(43)30-34-18-6-3-7-19-34/h4-5,8-11,20-23,31-34,37-38,40-42H,3,6-7,12-19,24-30,49H2,1-2H3,(H,51,57)(H,52,59)(H,53,58)/t37-,38-,40-,41-,42-/m0/s1. The van der Waals surface area contributed by atoms with Gasteiger partial charge in [-0.25, -0.2) is 4.98 Å². The highest BCUT2D eigenvalue weighted by Gasteiger charge is 2.41. The molecule has 1 aromatic heterocycles. The number of aromatic nitrogens is 2. The van der Waals surface area contributed by atoms with Crippen LogP contribution < -0.4 is 21.7 Å². The number of rotatable bonds is 16. The van der Waals surface area contributed by atoms with Crippen molar-refractivity contribution in [2.24, 2.45) is 23.5 Å². The molecule has 0 spiro atoms. The van der Waals surface area contributed by atoms with Gasteiger partial charge in [0.1, 0.15) is 30.0 Å². The maximum Gasteiger partial charge on any atom is 0.254 e. The molecule has 0 bridgehead atoms. The number of amides is 5. The van der Waals surface area contributed by atoms with Crippen molar-refractivity contribution in [2.45, 2.75) is 140 Å². The fourth-order valence-corrected chi connectivity index (χ4v) is 10.1. The SMILES string of the molecule is CC(C)[C@H](NC(=O)[C@@H]1CCCN1C(=O)c1ccccc1)C(=O)N[C@@H](CN)C(=O)N[C@@H](CC1CCCC1)C(=O)N1CCC[C@H]1c1nc(-c2ccccc2)cn1CC1CCCCC1. The Balaban J connectivity index is 1.05. The minimum Gasteiger partial charge on any atom is -0.342 e. The highest BCUT2D eigenvalue weighted by Crippen LogP contribution is 2.37. The summed E-state index contributed by atoms with van der Waals surface area (Å²) in [5.74, 6) is -0.418. The molecule has 0 unspecified atom stereocenters. The van der Waals surface area contributed by atoms with Crippen LogP contribution in [0.5, 0.6) is 0 Å². The molecule has 2 aliphatic carbocycles. The average molecular weight is 835 g/mol. The minimum absolute atomic E-state index is 0.128. The number of nitrogens with one attached hydrogen (secondary N) is 3. The van der Waals surface area contributed by atoms with Gasteiger partial charge in [-0.2, -0.15) is 0 Å². The molecular weight excluding hydrogens is 769 g/mol. The summed E-state index contributed by atoms with van der Waals surface area (Å²) < 4.78 is 2.30. The van der Waals surface area contributed by atoms with E-state index in [0.717, 1.165) is 62.2 Å². The van der Waals surface area contributed by atoms with Gasteiger partial charge in [0.05, 0.1) is 11.7 Å². The fourth-order valence-electron chi connectivity index (χ4n) is 10.1. The van der Waals surface area contributed by atoms with Crippen LogP contribution >= 0.6 is 0 Å². The van der Waals surface area contributed by atoms with E-state index in [1.54, 1.807) is 29.2 Å². The summed E-state index contributed by atoms with van der Waals surface area (Å²) in [4.78, 5) is 78.7. The third-order valence-corrected chi connectivity index (χ3v) is 13.5. The molecule has 0 radical (unpaired) electrons. The minimum atomic E-state index is -1.13. The quantitative estimate of drug-likeness (QED) is 0.142. The predicted molar refractivity (Wildman–Crippen MR) is 235 cm³/mol. The van der Waals surface area contributed by atoms with Crippen molar-refractivity contribution in [3.8, 4) is 11.3 Å². The van der Waals surface area contributed by atoms with Gasteiger partial charge in [-0.3, -0.25) is 24.0 Å². The highest BCUT2D eigenvalue weighted by atomic mass is 16.2. The Hall–Kier alpha value is -5.04. The van der Waals surface area contributed by atoms with Gasteiger partial charge in [0.25, 0.3) is 5.91 Å². The van der Waals surface area contributed by atoms with Crippen LogP contribution in [0.2, 0.25) is 0 Å². The highest BCUT2D eigenvalue weighted by molar-refractivity contribution is 5.99. The molecule has 5 atom stereocenters. The molecule has 2 saturated heterocycles. The van der Waals surface area contributed by atoms with Crippen LogP contribution in [0, 0.1) is 17.8 Å². The summed E-state index contributed by atoms with van der Waals surface area (Å²) in [5, 5.41) is 8.75. The molecule has 328 valence electrons. The lowest BCUT2D eigenvalue weighted by molar-refractivity contribution is -0.139. The van der Waals surface area contributed by atoms with E-state index in [4.69, 9.17) is 10.7 Å². The normalized spacial score (nSPS) is 21.3. The number of likely N-dealkylation sites (tertiary alicyclic amines) is 2. The Morgan fingerprint density at radius 3 is 2.02 bits per heavy atom. The summed E-state index contributed by atoms with van der Waals surface area (Å²) in [6.07, 6.45) is 15.8. The summed E-state index contributed by atoms with van der Waals surface area (Å²) in [5.41, 5.74) is 8.62. The number of nitrogens with zero attached hydrogens (tertiary/aromatic N) is 4. The van der Waals surface area contributed by atoms with Gasteiger partial charge in [-0.1, -0.05) is 107 Å². The largest absolute Gasteiger partial charge is 0.342 e. The van der Waals surface area contributed by atoms with E-state index < -0.39 is 41.9 Å². The smallest absolute Gasteiger partial charge is 0.254 e. The third-order valence-electron chi connectivity index (χ3n) is 13.5. The monoisotopic (exact) mass is 835 g/mol. The lowest BCUT2D eigenvalue weighted by Gasteiger charge is -2.32. The number of imidazole rings is 1. The van der Waals surface area contributed by atoms with Gasteiger partial charge in [-0.05, 0) is 74.8 Å². The zero-order chi connectivity index (χ0) is 42.9. The lowest BCUT2D eigenvalue weighted by atomic mass is 9.89. The lowest BCUT2D eigenvalue weighted by Crippen LogP contribution is -2.61. The molecular formula is C48H66N8O5. The Morgan fingerprint density at radius 2 is 1.33 bits per heavy atom. The number of carbonyl (C=O) groups is 5.